The summed E-state index contributed by atoms with van der Waals surface area (Å²) in [6.07, 6.45) is 0. The number of nitro groups is 1. The van der Waals surface area contributed by atoms with Crippen LogP contribution in [0.15, 0.2) is 48.5 Å². The number of nitro benzene ring substituents is 1. The number of para-hydroxylation sites is 4. The second kappa shape index (κ2) is 12.5. The van der Waals surface area contributed by atoms with Gasteiger partial charge in [-0.2, -0.15) is 0 Å². The van der Waals surface area contributed by atoms with Crippen molar-refractivity contribution in [2.45, 2.75) is 0 Å². The summed E-state index contributed by atoms with van der Waals surface area (Å²) < 4.78 is 20.1. The molecule has 8 heteroatoms. The van der Waals surface area contributed by atoms with Crippen LogP contribution in [-0.4, -0.2) is 45.6 Å². The molecule has 2 rings (SSSR count). The molecule has 0 bridgehead atoms. The third-order valence-electron chi connectivity index (χ3n) is 3.07. The van der Waals surface area contributed by atoms with Crippen molar-refractivity contribution in [1.29, 1.82) is 0 Å². The van der Waals surface area contributed by atoms with Crippen molar-refractivity contribution >= 4 is 11.4 Å². The van der Waals surface area contributed by atoms with E-state index in [4.69, 9.17) is 24.7 Å². The van der Waals surface area contributed by atoms with E-state index in [1.54, 1.807) is 32.4 Å². The molecule has 0 spiro atoms. The molecule has 0 heterocycles. The Morgan fingerprint density at radius 2 is 1.35 bits per heavy atom. The predicted molar refractivity (Wildman–Crippen MR) is 98.7 cm³/mol. The lowest BCUT2D eigenvalue weighted by atomic mass is 10.3. The quantitative estimate of drug-likeness (QED) is 0.315. The van der Waals surface area contributed by atoms with Crippen LogP contribution in [0, 0.1) is 10.1 Å². The van der Waals surface area contributed by atoms with E-state index in [-0.39, 0.29) is 11.4 Å². The zero-order valence-electron chi connectivity index (χ0n) is 14.9. The van der Waals surface area contributed by atoms with Crippen molar-refractivity contribution in [3.8, 4) is 11.5 Å². The van der Waals surface area contributed by atoms with Crippen molar-refractivity contribution in [3.63, 3.8) is 0 Å². The number of anilines is 1. The third-order valence-corrected chi connectivity index (χ3v) is 3.07. The van der Waals surface area contributed by atoms with E-state index in [2.05, 4.69) is 0 Å². The van der Waals surface area contributed by atoms with Gasteiger partial charge < -0.3 is 24.7 Å². The van der Waals surface area contributed by atoms with Gasteiger partial charge in [-0.1, -0.05) is 24.3 Å². The van der Waals surface area contributed by atoms with Crippen molar-refractivity contribution in [3.05, 3.63) is 58.6 Å². The fourth-order valence-corrected chi connectivity index (χ4v) is 1.81. The standard InChI is InChI=1S/C9H11NO4.C9H13NO2/c1-13-6-7-14-9-5-3-2-4-8(9)10(11)12;1-11-6-7-12-9-5-3-2-4-8(9)10/h2-5H,6-7H2,1H3;2-5H,6-7,10H2,1H3. The fourth-order valence-electron chi connectivity index (χ4n) is 1.81. The van der Waals surface area contributed by atoms with Gasteiger partial charge in [0.2, 0.25) is 0 Å². The lowest BCUT2D eigenvalue weighted by molar-refractivity contribution is -0.385. The molecular weight excluding hydrogens is 340 g/mol. The molecule has 0 fully saturated rings. The number of ether oxygens (including phenoxy) is 4. The first kappa shape index (κ1) is 21.2. The summed E-state index contributed by atoms with van der Waals surface area (Å²) in [5.74, 6) is 0.990. The minimum absolute atomic E-state index is 0.0244. The van der Waals surface area contributed by atoms with Gasteiger partial charge in [0, 0.05) is 20.3 Å². The first-order valence-corrected chi connectivity index (χ1v) is 7.91. The van der Waals surface area contributed by atoms with Gasteiger partial charge in [-0.25, -0.2) is 0 Å². The molecule has 0 saturated heterocycles. The number of hydrogen-bond acceptors (Lipinski definition) is 7. The molecule has 142 valence electrons. The molecule has 2 aromatic rings. The predicted octanol–water partition coefficient (Wildman–Crippen LogP) is 2.91. The Morgan fingerprint density at radius 1 is 0.846 bits per heavy atom. The normalized spacial score (nSPS) is 9.77. The number of nitrogens with two attached hydrogens (primary N) is 1. The van der Waals surface area contributed by atoms with E-state index >= 15 is 0 Å². The summed E-state index contributed by atoms with van der Waals surface area (Å²) >= 11 is 0. The highest BCUT2D eigenvalue weighted by molar-refractivity contribution is 5.51. The Hall–Kier alpha value is -2.84. The van der Waals surface area contributed by atoms with Crippen LogP contribution in [0.3, 0.4) is 0 Å². The van der Waals surface area contributed by atoms with E-state index in [1.807, 2.05) is 24.3 Å². The third kappa shape index (κ3) is 7.82. The molecular formula is C18H24N2O6. The number of nitrogen functional groups attached to an aromatic ring is 1. The monoisotopic (exact) mass is 364 g/mol. The summed E-state index contributed by atoms with van der Waals surface area (Å²) in [5, 5.41) is 10.5. The minimum Gasteiger partial charge on any atom is -0.489 e. The molecule has 0 aliphatic carbocycles. The maximum Gasteiger partial charge on any atom is 0.310 e. The highest BCUT2D eigenvalue weighted by Gasteiger charge is 2.12. The van der Waals surface area contributed by atoms with Crippen LogP contribution in [0.25, 0.3) is 0 Å². The first-order valence-electron chi connectivity index (χ1n) is 7.91. The number of rotatable bonds is 9. The molecule has 0 aliphatic rings. The van der Waals surface area contributed by atoms with Crippen LogP contribution < -0.4 is 15.2 Å². The Morgan fingerprint density at radius 3 is 1.88 bits per heavy atom. The van der Waals surface area contributed by atoms with Crippen LogP contribution in [0.5, 0.6) is 11.5 Å². The van der Waals surface area contributed by atoms with Crippen LogP contribution in [-0.2, 0) is 9.47 Å². The molecule has 0 atom stereocenters. The van der Waals surface area contributed by atoms with Crippen molar-refractivity contribution in [2.24, 2.45) is 0 Å². The van der Waals surface area contributed by atoms with E-state index in [9.17, 15) is 10.1 Å². The minimum atomic E-state index is -0.470. The van der Waals surface area contributed by atoms with Crippen molar-refractivity contribution < 1.29 is 23.9 Å². The molecule has 8 nitrogen and oxygen atoms in total. The lowest BCUT2D eigenvalue weighted by Gasteiger charge is -2.06. The lowest BCUT2D eigenvalue weighted by Crippen LogP contribution is -2.05. The summed E-state index contributed by atoms with van der Waals surface area (Å²) in [6.45, 7) is 1.83. The van der Waals surface area contributed by atoms with Gasteiger partial charge in [-0.15, -0.1) is 0 Å². The highest BCUT2D eigenvalue weighted by atomic mass is 16.6. The van der Waals surface area contributed by atoms with E-state index in [0.717, 1.165) is 5.75 Å². The second-order valence-electron chi connectivity index (χ2n) is 4.95. The maximum atomic E-state index is 10.5. The molecule has 2 aromatic carbocycles. The van der Waals surface area contributed by atoms with Gasteiger partial charge in [0.05, 0.1) is 23.8 Å². The molecule has 0 amide bonds. The Kier molecular flexibility index (Phi) is 10.2. The average molecular weight is 364 g/mol. The van der Waals surface area contributed by atoms with Crippen LogP contribution in [0.4, 0.5) is 11.4 Å². The number of benzene rings is 2. The molecule has 0 saturated carbocycles. The van der Waals surface area contributed by atoms with Gasteiger partial charge >= 0.3 is 5.69 Å². The Labute approximate surface area is 152 Å². The van der Waals surface area contributed by atoms with Crippen LogP contribution in [0.1, 0.15) is 0 Å². The molecule has 0 radical (unpaired) electrons. The maximum absolute atomic E-state index is 10.5. The van der Waals surface area contributed by atoms with E-state index < -0.39 is 4.92 Å². The summed E-state index contributed by atoms with van der Waals surface area (Å²) in [7, 11) is 3.18. The Balaban J connectivity index is 0.000000263. The van der Waals surface area contributed by atoms with E-state index in [1.165, 1.54) is 6.07 Å². The smallest absolute Gasteiger partial charge is 0.310 e. The molecule has 2 N–H and O–H groups in total. The van der Waals surface area contributed by atoms with Gasteiger partial charge in [-0.05, 0) is 18.2 Å². The number of methoxy groups -OCH3 is 2. The van der Waals surface area contributed by atoms with Gasteiger partial charge in [0.25, 0.3) is 0 Å². The number of hydrogen-bond donors (Lipinski definition) is 1. The molecule has 0 unspecified atom stereocenters. The molecule has 26 heavy (non-hydrogen) atoms. The zero-order chi connectivity index (χ0) is 19.2. The fraction of sp³-hybridized carbons (Fsp3) is 0.333. The van der Waals surface area contributed by atoms with Crippen LogP contribution in [0.2, 0.25) is 0 Å². The van der Waals surface area contributed by atoms with Gasteiger partial charge in [-0.3, -0.25) is 10.1 Å². The van der Waals surface area contributed by atoms with Gasteiger partial charge in [0.1, 0.15) is 19.0 Å². The SMILES string of the molecule is COCCOc1ccccc1N.COCCOc1ccccc1[N+](=O)[O-]. The first-order chi connectivity index (χ1) is 12.6. The molecule has 0 aliphatic heterocycles. The zero-order valence-corrected chi connectivity index (χ0v) is 14.9. The summed E-state index contributed by atoms with van der Waals surface area (Å²) in [5.41, 5.74) is 6.27. The Bertz CT molecular complexity index is 666. The van der Waals surface area contributed by atoms with Crippen molar-refractivity contribution in [2.75, 3.05) is 46.4 Å². The summed E-state index contributed by atoms with van der Waals surface area (Å²) in [4.78, 5) is 10.1. The molecule has 0 aromatic heterocycles. The van der Waals surface area contributed by atoms with Crippen molar-refractivity contribution in [1.82, 2.24) is 0 Å². The summed E-state index contributed by atoms with van der Waals surface area (Å²) in [6, 6.07) is 13.7. The largest absolute Gasteiger partial charge is 0.489 e. The topological polar surface area (TPSA) is 106 Å². The number of nitrogens with zero attached hydrogens (tertiary/aromatic N) is 1. The van der Waals surface area contributed by atoms with Crippen LogP contribution >= 0.6 is 0 Å². The van der Waals surface area contributed by atoms with Gasteiger partial charge in [0.15, 0.2) is 5.75 Å². The average Bonchev–Trinajstić information content (AvgIpc) is 2.64. The second-order valence-corrected chi connectivity index (χ2v) is 4.95. The van der Waals surface area contributed by atoms with E-state index in [0.29, 0.717) is 32.1 Å². The highest BCUT2D eigenvalue weighted by Crippen LogP contribution is 2.25.